The molecule has 0 amide bonds. The van der Waals surface area contributed by atoms with E-state index in [0.29, 0.717) is 10.8 Å². The molecule has 0 aromatic heterocycles. The van der Waals surface area contributed by atoms with Crippen molar-refractivity contribution in [2.75, 3.05) is 0 Å². The van der Waals surface area contributed by atoms with Crippen molar-refractivity contribution in [3.05, 3.63) is 11.1 Å². The Labute approximate surface area is 127 Å². The first-order valence-corrected chi connectivity index (χ1v) is 9.00. The lowest BCUT2D eigenvalue weighted by Gasteiger charge is -2.55. The van der Waals surface area contributed by atoms with Gasteiger partial charge in [0, 0.05) is 0 Å². The molecule has 0 radical (unpaired) electrons. The van der Waals surface area contributed by atoms with Crippen LogP contribution in [0, 0.1) is 22.7 Å². The minimum atomic E-state index is 0.511. The molecule has 2 aliphatic carbocycles. The Kier molecular flexibility index (Phi) is 4.72. The molecule has 116 valence electrons. The van der Waals surface area contributed by atoms with E-state index in [1.807, 2.05) is 5.57 Å². The lowest BCUT2D eigenvalue weighted by Crippen LogP contribution is -2.45. The van der Waals surface area contributed by atoms with Gasteiger partial charge in [-0.1, -0.05) is 58.6 Å². The summed E-state index contributed by atoms with van der Waals surface area (Å²) in [6.45, 7) is 14.8. The summed E-state index contributed by atoms with van der Waals surface area (Å²) in [4.78, 5) is 0. The predicted octanol–water partition coefficient (Wildman–Crippen LogP) is 6.76. The highest BCUT2D eigenvalue weighted by molar-refractivity contribution is 5.27. The van der Waals surface area contributed by atoms with E-state index < -0.39 is 0 Å². The van der Waals surface area contributed by atoms with Crippen LogP contribution in [-0.2, 0) is 0 Å². The number of rotatable bonds is 4. The van der Waals surface area contributed by atoms with Gasteiger partial charge in [-0.05, 0) is 68.1 Å². The highest BCUT2D eigenvalue weighted by atomic mass is 14.5. The van der Waals surface area contributed by atoms with Gasteiger partial charge in [0.25, 0.3) is 0 Å². The smallest absolute Gasteiger partial charge is 0.00804 e. The SMILES string of the molecule is CC[C@H](C)CCC1=C(C)CC[C@@H]2C(C)(C)CCC[C@]12C. The lowest BCUT2D eigenvalue weighted by atomic mass is 9.50. The maximum atomic E-state index is 2.60. The van der Waals surface area contributed by atoms with Gasteiger partial charge >= 0.3 is 0 Å². The minimum Gasteiger partial charge on any atom is -0.0735 e. The van der Waals surface area contributed by atoms with Gasteiger partial charge in [-0.3, -0.25) is 0 Å². The fourth-order valence-corrected chi connectivity index (χ4v) is 5.29. The molecule has 3 atom stereocenters. The van der Waals surface area contributed by atoms with Crippen LogP contribution >= 0.6 is 0 Å². The zero-order valence-corrected chi connectivity index (χ0v) is 14.8. The Morgan fingerprint density at radius 1 is 1.20 bits per heavy atom. The van der Waals surface area contributed by atoms with Gasteiger partial charge in [-0.25, -0.2) is 0 Å². The molecule has 0 bridgehead atoms. The average Bonchev–Trinajstić information content (AvgIpc) is 2.36. The van der Waals surface area contributed by atoms with Crippen molar-refractivity contribution in [3.8, 4) is 0 Å². The van der Waals surface area contributed by atoms with Gasteiger partial charge in [-0.15, -0.1) is 0 Å². The zero-order valence-electron chi connectivity index (χ0n) is 14.8. The normalized spacial score (nSPS) is 34.8. The maximum Gasteiger partial charge on any atom is -0.00804 e. The summed E-state index contributed by atoms with van der Waals surface area (Å²) in [5.74, 6) is 1.80. The third-order valence-corrected chi connectivity index (χ3v) is 6.83. The van der Waals surface area contributed by atoms with Gasteiger partial charge in [0.1, 0.15) is 0 Å². The molecular formula is C20H36. The van der Waals surface area contributed by atoms with Crippen LogP contribution in [-0.4, -0.2) is 0 Å². The van der Waals surface area contributed by atoms with Crippen LogP contribution in [0.25, 0.3) is 0 Å². The fourth-order valence-electron chi connectivity index (χ4n) is 5.29. The van der Waals surface area contributed by atoms with E-state index >= 15 is 0 Å². The predicted molar refractivity (Wildman–Crippen MR) is 89.9 cm³/mol. The number of allylic oxidation sites excluding steroid dienone is 2. The molecule has 0 aromatic carbocycles. The minimum absolute atomic E-state index is 0.511. The third-order valence-electron chi connectivity index (χ3n) is 6.83. The standard InChI is InChI=1S/C20H36/c1-7-15(2)9-11-17-16(3)10-12-18-19(4,5)13-8-14-20(17,18)6/h15,18H,7-14H2,1-6H3/t15-,18+,20+/m0/s1. The first-order chi connectivity index (χ1) is 9.31. The van der Waals surface area contributed by atoms with E-state index in [9.17, 15) is 0 Å². The van der Waals surface area contributed by atoms with Crippen molar-refractivity contribution in [2.24, 2.45) is 22.7 Å². The van der Waals surface area contributed by atoms with Gasteiger partial charge in [-0.2, -0.15) is 0 Å². The Balaban J connectivity index is 2.24. The average molecular weight is 277 g/mol. The third kappa shape index (κ3) is 2.85. The molecule has 0 spiro atoms. The quantitative estimate of drug-likeness (QED) is 0.498. The number of hydrogen-bond donors (Lipinski definition) is 0. The molecule has 0 unspecified atom stereocenters. The summed E-state index contributed by atoms with van der Waals surface area (Å²) in [6.07, 6.45) is 11.2. The molecule has 0 heterocycles. The van der Waals surface area contributed by atoms with Crippen molar-refractivity contribution < 1.29 is 0 Å². The summed E-state index contributed by atoms with van der Waals surface area (Å²) in [7, 11) is 0. The van der Waals surface area contributed by atoms with Crippen molar-refractivity contribution in [2.45, 2.75) is 92.9 Å². The molecule has 2 rings (SSSR count). The summed E-state index contributed by atoms with van der Waals surface area (Å²) in [6, 6.07) is 0. The van der Waals surface area contributed by atoms with Crippen LogP contribution in [0.5, 0.6) is 0 Å². The van der Waals surface area contributed by atoms with Crippen LogP contribution < -0.4 is 0 Å². The second-order valence-electron chi connectivity index (χ2n) is 8.66. The fraction of sp³-hybridized carbons (Fsp3) is 0.900. The second-order valence-corrected chi connectivity index (χ2v) is 8.66. The molecule has 0 saturated heterocycles. The number of fused-ring (bicyclic) bond motifs is 1. The van der Waals surface area contributed by atoms with Crippen LogP contribution in [0.2, 0.25) is 0 Å². The molecule has 0 aliphatic heterocycles. The molecule has 0 aromatic rings. The highest BCUT2D eigenvalue weighted by Gasteiger charge is 2.49. The highest BCUT2D eigenvalue weighted by Crippen LogP contribution is 2.60. The molecular weight excluding hydrogens is 240 g/mol. The molecule has 2 aliphatic rings. The van der Waals surface area contributed by atoms with Gasteiger partial charge < -0.3 is 0 Å². The first kappa shape index (κ1) is 16.1. The second kappa shape index (κ2) is 5.85. The molecule has 0 N–H and O–H groups in total. The van der Waals surface area contributed by atoms with E-state index in [4.69, 9.17) is 0 Å². The maximum absolute atomic E-state index is 2.60. The Bertz CT molecular complexity index is 373. The number of hydrogen-bond acceptors (Lipinski definition) is 0. The largest absolute Gasteiger partial charge is 0.0735 e. The van der Waals surface area contributed by atoms with E-state index in [1.54, 1.807) is 5.57 Å². The van der Waals surface area contributed by atoms with Crippen LogP contribution in [0.1, 0.15) is 92.9 Å². The van der Waals surface area contributed by atoms with E-state index in [2.05, 4.69) is 41.5 Å². The van der Waals surface area contributed by atoms with Crippen molar-refractivity contribution >= 4 is 0 Å². The molecule has 1 saturated carbocycles. The van der Waals surface area contributed by atoms with Crippen LogP contribution in [0.15, 0.2) is 11.1 Å². The van der Waals surface area contributed by atoms with Gasteiger partial charge in [0.15, 0.2) is 0 Å². The topological polar surface area (TPSA) is 0 Å². The van der Waals surface area contributed by atoms with E-state index in [1.165, 1.54) is 51.4 Å². The van der Waals surface area contributed by atoms with Crippen LogP contribution in [0.3, 0.4) is 0 Å². The Morgan fingerprint density at radius 3 is 2.55 bits per heavy atom. The monoisotopic (exact) mass is 276 g/mol. The zero-order chi connectivity index (χ0) is 15.0. The summed E-state index contributed by atoms with van der Waals surface area (Å²) in [5.41, 5.74) is 4.67. The summed E-state index contributed by atoms with van der Waals surface area (Å²) in [5, 5.41) is 0. The molecule has 0 nitrogen and oxygen atoms in total. The van der Waals surface area contributed by atoms with Gasteiger partial charge in [0.05, 0.1) is 0 Å². The summed E-state index contributed by atoms with van der Waals surface area (Å²) < 4.78 is 0. The van der Waals surface area contributed by atoms with Crippen molar-refractivity contribution in [3.63, 3.8) is 0 Å². The molecule has 20 heavy (non-hydrogen) atoms. The summed E-state index contributed by atoms with van der Waals surface area (Å²) >= 11 is 0. The lowest BCUT2D eigenvalue weighted by molar-refractivity contribution is 0.00994. The van der Waals surface area contributed by atoms with Gasteiger partial charge in [0.2, 0.25) is 0 Å². The molecule has 0 heteroatoms. The Hall–Kier alpha value is -0.260. The van der Waals surface area contributed by atoms with Crippen molar-refractivity contribution in [1.29, 1.82) is 0 Å². The van der Waals surface area contributed by atoms with E-state index in [-0.39, 0.29) is 0 Å². The van der Waals surface area contributed by atoms with E-state index in [0.717, 1.165) is 11.8 Å². The van der Waals surface area contributed by atoms with Crippen LogP contribution in [0.4, 0.5) is 0 Å². The first-order valence-electron chi connectivity index (χ1n) is 9.00. The molecule has 1 fully saturated rings. The van der Waals surface area contributed by atoms with Crippen molar-refractivity contribution in [1.82, 2.24) is 0 Å². The Morgan fingerprint density at radius 2 is 1.90 bits per heavy atom.